The van der Waals surface area contributed by atoms with Gasteiger partial charge in [0.2, 0.25) is 0 Å². The highest BCUT2D eigenvalue weighted by molar-refractivity contribution is 5.97. The molecule has 0 spiro atoms. The first-order chi connectivity index (χ1) is 9.41. The molecule has 1 aliphatic rings. The van der Waals surface area contributed by atoms with Gasteiger partial charge in [0, 0.05) is 19.1 Å². The van der Waals surface area contributed by atoms with E-state index in [9.17, 15) is 4.79 Å². The van der Waals surface area contributed by atoms with Crippen LogP contribution in [0.1, 0.15) is 42.4 Å². The average Bonchev–Trinajstić information content (AvgIpc) is 2.73. The molecule has 1 saturated carbocycles. The predicted octanol–water partition coefficient (Wildman–Crippen LogP) is 1.11. The molecule has 6 heteroatoms. The topological polar surface area (TPSA) is 78.2 Å². The molecule has 1 aromatic heterocycles. The van der Waals surface area contributed by atoms with Crippen molar-refractivity contribution in [1.82, 2.24) is 20.0 Å². The molecule has 0 aromatic carbocycles. The highest BCUT2D eigenvalue weighted by Gasteiger charge is 2.41. The maximum absolute atomic E-state index is 12.5. The zero-order valence-corrected chi connectivity index (χ0v) is 12.9. The largest absolute Gasteiger partial charge is 0.395 e. The van der Waals surface area contributed by atoms with Gasteiger partial charge >= 0.3 is 0 Å². The van der Waals surface area contributed by atoms with Crippen LogP contribution in [0, 0.1) is 0 Å². The molecule has 0 atom stereocenters. The number of aromatic nitrogens is 2. The van der Waals surface area contributed by atoms with Crippen molar-refractivity contribution in [1.29, 1.82) is 0 Å². The van der Waals surface area contributed by atoms with Gasteiger partial charge in [0.25, 0.3) is 5.91 Å². The molecule has 2 rings (SSSR count). The Hall–Kier alpha value is -1.56. The molecule has 1 aliphatic carbocycles. The normalized spacial score (nSPS) is 17.1. The summed E-state index contributed by atoms with van der Waals surface area (Å²) >= 11 is 0. The zero-order chi connectivity index (χ0) is 14.9. The number of nitrogens with zero attached hydrogens (tertiary/aromatic N) is 3. The highest BCUT2D eigenvalue weighted by Crippen LogP contribution is 2.36. The van der Waals surface area contributed by atoms with Crippen LogP contribution in [-0.2, 0) is 6.42 Å². The maximum atomic E-state index is 12.5. The number of amides is 1. The third-order valence-corrected chi connectivity index (χ3v) is 4.55. The first-order valence-electron chi connectivity index (χ1n) is 7.17. The minimum atomic E-state index is -0.105. The van der Waals surface area contributed by atoms with Gasteiger partial charge in [0.1, 0.15) is 0 Å². The molecule has 0 saturated heterocycles. The summed E-state index contributed by atoms with van der Waals surface area (Å²) in [5, 5.41) is 6.91. The summed E-state index contributed by atoms with van der Waals surface area (Å²) in [6.45, 7) is 2.70. The Morgan fingerprint density at radius 1 is 1.40 bits per heavy atom. The fourth-order valence-electron chi connectivity index (χ4n) is 2.84. The number of rotatable bonds is 5. The third kappa shape index (κ3) is 2.40. The molecule has 20 heavy (non-hydrogen) atoms. The Labute approximate surface area is 120 Å². The van der Waals surface area contributed by atoms with Crippen LogP contribution >= 0.6 is 0 Å². The van der Waals surface area contributed by atoms with E-state index in [1.807, 2.05) is 14.0 Å². The molecule has 0 bridgehead atoms. The van der Waals surface area contributed by atoms with Gasteiger partial charge in [0.05, 0.1) is 11.4 Å². The van der Waals surface area contributed by atoms with Crippen LogP contribution in [0.15, 0.2) is 0 Å². The van der Waals surface area contributed by atoms with Crippen LogP contribution in [-0.4, -0.2) is 59.1 Å². The lowest BCUT2D eigenvalue weighted by Gasteiger charge is -2.49. The van der Waals surface area contributed by atoms with Crippen LogP contribution < -0.4 is 5.73 Å². The highest BCUT2D eigenvalue weighted by atomic mass is 16.2. The summed E-state index contributed by atoms with van der Waals surface area (Å²) in [5.41, 5.74) is 7.74. The van der Waals surface area contributed by atoms with Gasteiger partial charge in [-0.3, -0.25) is 9.89 Å². The molecule has 0 radical (unpaired) electrons. The van der Waals surface area contributed by atoms with Gasteiger partial charge in [-0.15, -0.1) is 0 Å². The van der Waals surface area contributed by atoms with E-state index < -0.39 is 0 Å². The summed E-state index contributed by atoms with van der Waals surface area (Å²) in [6.07, 6.45) is 4.24. The van der Waals surface area contributed by atoms with Gasteiger partial charge in [0.15, 0.2) is 5.69 Å². The van der Waals surface area contributed by atoms with Crippen molar-refractivity contribution >= 4 is 11.6 Å². The number of anilines is 1. The molecule has 0 unspecified atom stereocenters. The summed E-state index contributed by atoms with van der Waals surface area (Å²) in [6, 6.07) is 0. The van der Waals surface area contributed by atoms with E-state index in [0.717, 1.165) is 25.0 Å². The number of hydrogen-bond donors (Lipinski definition) is 2. The number of aromatic amines is 1. The minimum absolute atomic E-state index is 0.105. The number of likely N-dealkylation sites (N-methyl/N-ethyl adjacent to an activating group) is 2. The maximum Gasteiger partial charge on any atom is 0.276 e. The Morgan fingerprint density at radius 2 is 2.05 bits per heavy atom. The molecule has 6 nitrogen and oxygen atoms in total. The van der Waals surface area contributed by atoms with E-state index in [4.69, 9.17) is 5.73 Å². The van der Waals surface area contributed by atoms with Crippen LogP contribution in [0.25, 0.3) is 0 Å². The molecule has 112 valence electrons. The number of nitrogens with two attached hydrogens (primary N) is 1. The van der Waals surface area contributed by atoms with Crippen molar-refractivity contribution in [2.75, 3.05) is 33.4 Å². The second-order valence-corrected chi connectivity index (χ2v) is 5.95. The van der Waals surface area contributed by atoms with E-state index in [2.05, 4.69) is 29.2 Å². The van der Waals surface area contributed by atoms with Crippen LogP contribution in [0.4, 0.5) is 5.69 Å². The lowest BCUT2D eigenvalue weighted by atomic mass is 9.75. The van der Waals surface area contributed by atoms with Crippen molar-refractivity contribution < 1.29 is 4.79 Å². The third-order valence-electron chi connectivity index (χ3n) is 4.55. The number of carbonyl (C=O) groups excluding carboxylic acids is 1. The monoisotopic (exact) mass is 279 g/mol. The SMILES string of the molecule is CCc1[nH]nc(C(=O)N(C)CC2(N(C)C)CCC2)c1N. The number of H-pyrrole nitrogens is 1. The van der Waals surface area contributed by atoms with Gasteiger partial charge in [-0.2, -0.15) is 5.10 Å². The Kier molecular flexibility index (Phi) is 4.04. The summed E-state index contributed by atoms with van der Waals surface area (Å²) in [5.74, 6) is -0.105. The molecule has 3 N–H and O–H groups in total. The fraction of sp³-hybridized carbons (Fsp3) is 0.714. The van der Waals surface area contributed by atoms with Gasteiger partial charge < -0.3 is 15.5 Å². The second kappa shape index (κ2) is 5.44. The summed E-state index contributed by atoms with van der Waals surface area (Å²) in [7, 11) is 5.98. The average molecular weight is 279 g/mol. The number of carbonyl (C=O) groups is 1. The number of nitrogen functional groups attached to an aromatic ring is 1. The lowest BCUT2D eigenvalue weighted by molar-refractivity contribution is 0.0250. The first-order valence-corrected chi connectivity index (χ1v) is 7.17. The van der Waals surface area contributed by atoms with Gasteiger partial charge in [-0.1, -0.05) is 6.92 Å². The van der Waals surface area contributed by atoms with E-state index in [1.165, 1.54) is 6.42 Å². The van der Waals surface area contributed by atoms with Crippen molar-refractivity contribution in [3.8, 4) is 0 Å². The molecular weight excluding hydrogens is 254 g/mol. The summed E-state index contributed by atoms with van der Waals surface area (Å²) < 4.78 is 0. The van der Waals surface area contributed by atoms with E-state index in [-0.39, 0.29) is 11.4 Å². The quantitative estimate of drug-likeness (QED) is 0.846. The van der Waals surface area contributed by atoms with Crippen molar-refractivity contribution in [3.05, 3.63) is 11.4 Å². The summed E-state index contributed by atoms with van der Waals surface area (Å²) in [4.78, 5) is 16.4. The molecule has 1 heterocycles. The van der Waals surface area contributed by atoms with Crippen molar-refractivity contribution in [2.45, 2.75) is 38.1 Å². The predicted molar refractivity (Wildman–Crippen MR) is 79.6 cm³/mol. The van der Waals surface area contributed by atoms with Gasteiger partial charge in [-0.25, -0.2) is 0 Å². The first kappa shape index (κ1) is 14.8. The molecule has 0 aliphatic heterocycles. The lowest BCUT2D eigenvalue weighted by Crippen LogP contribution is -2.57. The molecular formula is C14H25N5O. The van der Waals surface area contributed by atoms with E-state index >= 15 is 0 Å². The van der Waals surface area contributed by atoms with Gasteiger partial charge in [-0.05, 0) is 39.8 Å². The van der Waals surface area contributed by atoms with E-state index in [1.54, 1.807) is 4.90 Å². The molecule has 1 fully saturated rings. The minimum Gasteiger partial charge on any atom is -0.395 e. The smallest absolute Gasteiger partial charge is 0.276 e. The van der Waals surface area contributed by atoms with Crippen LogP contribution in [0.2, 0.25) is 0 Å². The standard InChI is InChI=1S/C14H25N5O/c1-5-10-11(15)12(17-16-10)13(20)19(4)9-14(18(2)3)7-6-8-14/h5-9,15H2,1-4H3,(H,16,17). The molecule has 1 amide bonds. The second-order valence-electron chi connectivity index (χ2n) is 5.95. The number of hydrogen-bond acceptors (Lipinski definition) is 4. The Morgan fingerprint density at radius 3 is 2.45 bits per heavy atom. The van der Waals surface area contributed by atoms with E-state index in [0.29, 0.717) is 17.9 Å². The number of nitrogens with one attached hydrogen (secondary N) is 1. The molecule has 1 aromatic rings. The Bertz CT molecular complexity index is 490. The fourth-order valence-corrected chi connectivity index (χ4v) is 2.84. The number of aryl methyl sites for hydroxylation is 1. The van der Waals surface area contributed by atoms with Crippen molar-refractivity contribution in [2.24, 2.45) is 0 Å². The van der Waals surface area contributed by atoms with Crippen LogP contribution in [0.5, 0.6) is 0 Å². The van der Waals surface area contributed by atoms with Crippen molar-refractivity contribution in [3.63, 3.8) is 0 Å². The van der Waals surface area contributed by atoms with Crippen LogP contribution in [0.3, 0.4) is 0 Å². The zero-order valence-electron chi connectivity index (χ0n) is 12.9. The Balaban J connectivity index is 2.10.